The maximum absolute atomic E-state index is 11.9. The van der Waals surface area contributed by atoms with Gasteiger partial charge in [0, 0.05) is 19.4 Å². The molecule has 2 atom stereocenters. The second-order valence-electron chi connectivity index (χ2n) is 6.97. The van der Waals surface area contributed by atoms with Gasteiger partial charge < -0.3 is 24.6 Å². The largest absolute Gasteiger partial charge is 0.508 e. The molecule has 0 radical (unpaired) electrons. The molecular weight excluding hydrogens is 338 g/mol. The Labute approximate surface area is 154 Å². The Morgan fingerprint density at radius 2 is 1.81 bits per heavy atom. The molecule has 1 aromatic carbocycles. The number of carbonyl (C=O) groups excluding carboxylic acids is 2. The van der Waals surface area contributed by atoms with Gasteiger partial charge in [0.05, 0.1) is 6.61 Å². The summed E-state index contributed by atoms with van der Waals surface area (Å²) in [6.07, 6.45) is 0.199. The van der Waals surface area contributed by atoms with Crippen LogP contribution < -0.4 is 5.32 Å². The third-order valence-electron chi connectivity index (χ3n) is 3.27. The van der Waals surface area contributed by atoms with Crippen molar-refractivity contribution in [2.45, 2.75) is 58.3 Å². The summed E-state index contributed by atoms with van der Waals surface area (Å²) in [7, 11) is 0. The number of cyclic esters (lactones) is 1. The fourth-order valence-electron chi connectivity index (χ4n) is 2.02. The van der Waals surface area contributed by atoms with Crippen LogP contribution in [0.1, 0.15) is 40.5 Å². The van der Waals surface area contributed by atoms with E-state index < -0.39 is 23.7 Å². The summed E-state index contributed by atoms with van der Waals surface area (Å²) in [6.45, 7) is 8.05. The van der Waals surface area contributed by atoms with Gasteiger partial charge in [0.2, 0.25) is 0 Å². The summed E-state index contributed by atoms with van der Waals surface area (Å²) < 4.78 is 15.7. The number of aromatic hydroxyl groups is 1. The van der Waals surface area contributed by atoms with Crippen LogP contribution in [0.5, 0.6) is 5.75 Å². The summed E-state index contributed by atoms with van der Waals surface area (Å²) in [6, 6.07) is 7.99. The number of benzene rings is 1. The number of hydrogen-bond donors (Lipinski definition) is 2. The first-order valence-electron chi connectivity index (χ1n) is 8.69. The second kappa shape index (κ2) is 10.7. The van der Waals surface area contributed by atoms with Gasteiger partial charge in [-0.25, -0.2) is 9.59 Å². The van der Waals surface area contributed by atoms with Crippen LogP contribution in [0.15, 0.2) is 30.3 Å². The monoisotopic (exact) mass is 367 g/mol. The molecule has 0 bridgehead atoms. The summed E-state index contributed by atoms with van der Waals surface area (Å²) in [5.41, 5.74) is -0.601. The van der Waals surface area contributed by atoms with Crippen molar-refractivity contribution in [2.75, 3.05) is 13.2 Å². The lowest BCUT2D eigenvalue weighted by atomic mass is 10.2. The molecule has 1 heterocycles. The number of alkyl carbamates (subject to hydrolysis) is 1. The van der Waals surface area contributed by atoms with Crippen molar-refractivity contribution >= 4 is 12.1 Å². The van der Waals surface area contributed by atoms with Gasteiger partial charge >= 0.3 is 12.1 Å². The lowest BCUT2D eigenvalue weighted by Gasteiger charge is -2.23. The molecule has 1 saturated heterocycles. The van der Waals surface area contributed by atoms with Crippen molar-refractivity contribution in [3.63, 3.8) is 0 Å². The highest BCUT2D eigenvalue weighted by Crippen LogP contribution is 2.10. The smallest absolute Gasteiger partial charge is 0.408 e. The minimum Gasteiger partial charge on any atom is -0.508 e. The van der Waals surface area contributed by atoms with Crippen LogP contribution in [0.3, 0.4) is 0 Å². The van der Waals surface area contributed by atoms with Crippen LogP contribution in [-0.4, -0.2) is 48.1 Å². The van der Waals surface area contributed by atoms with E-state index in [0.29, 0.717) is 31.8 Å². The molecule has 0 aromatic heterocycles. The van der Waals surface area contributed by atoms with Gasteiger partial charge in [-0.3, -0.25) is 0 Å². The van der Waals surface area contributed by atoms with E-state index in [1.807, 2.05) is 6.07 Å². The third kappa shape index (κ3) is 9.88. The summed E-state index contributed by atoms with van der Waals surface area (Å²) in [5.74, 6) is -0.119. The fraction of sp³-hybridized carbons (Fsp3) is 0.579. The van der Waals surface area contributed by atoms with E-state index in [9.17, 15) is 9.59 Å². The number of ether oxygens (including phenoxy) is 3. The maximum Gasteiger partial charge on any atom is 0.408 e. The van der Waals surface area contributed by atoms with E-state index in [-0.39, 0.29) is 6.10 Å². The van der Waals surface area contributed by atoms with Gasteiger partial charge in [0.15, 0.2) is 0 Å². The van der Waals surface area contributed by atoms with E-state index >= 15 is 0 Å². The zero-order chi connectivity index (χ0) is 19.6. The lowest BCUT2D eigenvalue weighted by Crippen LogP contribution is -2.45. The quantitative estimate of drug-likeness (QED) is 0.741. The maximum atomic E-state index is 11.9. The number of amides is 1. The molecule has 1 aromatic rings. The van der Waals surface area contributed by atoms with Crippen LogP contribution in [0.4, 0.5) is 4.79 Å². The van der Waals surface area contributed by atoms with Crippen molar-refractivity contribution in [1.29, 1.82) is 0 Å². The Bertz CT molecular complexity index is 555. The predicted molar refractivity (Wildman–Crippen MR) is 96.9 cm³/mol. The molecule has 1 aliphatic rings. The SMILES string of the molecule is CC1CCOCC[C@H](NC(=O)OC(C)(C)C)C(=O)O1.Oc1ccccc1. The van der Waals surface area contributed by atoms with Crippen LogP contribution in [-0.2, 0) is 19.0 Å². The van der Waals surface area contributed by atoms with E-state index in [2.05, 4.69) is 5.32 Å². The number of hydrogen-bond acceptors (Lipinski definition) is 6. The molecule has 1 aliphatic heterocycles. The molecule has 26 heavy (non-hydrogen) atoms. The average Bonchev–Trinajstić information content (AvgIpc) is 2.59. The van der Waals surface area contributed by atoms with Gasteiger partial charge in [-0.2, -0.15) is 0 Å². The highest BCUT2D eigenvalue weighted by Gasteiger charge is 2.27. The predicted octanol–water partition coefficient (Wildman–Crippen LogP) is 3.01. The first-order valence-corrected chi connectivity index (χ1v) is 8.69. The molecule has 2 N–H and O–H groups in total. The number of para-hydroxylation sites is 1. The Morgan fingerprint density at radius 1 is 1.19 bits per heavy atom. The third-order valence-corrected chi connectivity index (χ3v) is 3.27. The van der Waals surface area contributed by atoms with Crippen molar-refractivity contribution in [3.8, 4) is 5.75 Å². The highest BCUT2D eigenvalue weighted by molar-refractivity contribution is 5.81. The normalized spacial score (nSPS) is 21.0. The van der Waals surface area contributed by atoms with Crippen molar-refractivity contribution in [1.82, 2.24) is 5.32 Å². The summed E-state index contributed by atoms with van der Waals surface area (Å²) in [4.78, 5) is 23.5. The van der Waals surface area contributed by atoms with E-state index in [1.54, 1.807) is 52.0 Å². The van der Waals surface area contributed by atoms with Crippen LogP contribution >= 0.6 is 0 Å². The highest BCUT2D eigenvalue weighted by atomic mass is 16.6. The summed E-state index contributed by atoms with van der Waals surface area (Å²) >= 11 is 0. The first-order chi connectivity index (χ1) is 12.2. The van der Waals surface area contributed by atoms with Gasteiger partial charge in [0.25, 0.3) is 0 Å². The molecule has 1 amide bonds. The van der Waals surface area contributed by atoms with Crippen molar-refractivity contribution in [2.24, 2.45) is 0 Å². The molecule has 2 rings (SSSR count). The van der Waals surface area contributed by atoms with E-state index in [4.69, 9.17) is 19.3 Å². The van der Waals surface area contributed by atoms with Crippen molar-refractivity contribution < 1.29 is 28.9 Å². The Balaban J connectivity index is 0.000000401. The van der Waals surface area contributed by atoms with Gasteiger partial charge in [-0.1, -0.05) is 18.2 Å². The van der Waals surface area contributed by atoms with Gasteiger partial charge in [-0.15, -0.1) is 0 Å². The van der Waals surface area contributed by atoms with Gasteiger partial charge in [0.1, 0.15) is 23.5 Å². The molecule has 7 nitrogen and oxygen atoms in total. The number of esters is 1. The Kier molecular flexibility index (Phi) is 8.92. The molecule has 1 unspecified atom stereocenters. The van der Waals surface area contributed by atoms with Crippen LogP contribution in [0.2, 0.25) is 0 Å². The van der Waals surface area contributed by atoms with Crippen molar-refractivity contribution in [3.05, 3.63) is 30.3 Å². The number of phenolic OH excluding ortho intramolecular Hbond substituents is 1. The molecule has 0 aliphatic carbocycles. The zero-order valence-corrected chi connectivity index (χ0v) is 15.9. The minimum atomic E-state index is -0.726. The molecular formula is C19H29NO6. The average molecular weight is 367 g/mol. The minimum absolute atomic E-state index is 0.214. The molecule has 7 heteroatoms. The van der Waals surface area contributed by atoms with Crippen LogP contribution in [0.25, 0.3) is 0 Å². The van der Waals surface area contributed by atoms with Crippen LogP contribution in [0, 0.1) is 0 Å². The lowest BCUT2D eigenvalue weighted by molar-refractivity contribution is -0.150. The standard InChI is InChI=1S/C13H23NO5.C6H6O/c1-9-5-7-17-8-6-10(11(15)18-9)14-12(16)19-13(2,3)4;7-6-4-2-1-3-5-6/h9-10H,5-8H2,1-4H3,(H,14,16);1-5,7H/t9?,10-;/m0./s1. The van der Waals surface area contributed by atoms with E-state index in [1.165, 1.54) is 0 Å². The van der Waals surface area contributed by atoms with E-state index in [0.717, 1.165) is 0 Å². The summed E-state index contributed by atoms with van der Waals surface area (Å²) in [5, 5.41) is 11.2. The Morgan fingerprint density at radius 3 is 2.35 bits per heavy atom. The Hall–Kier alpha value is -2.28. The molecule has 146 valence electrons. The first kappa shape index (κ1) is 21.8. The topological polar surface area (TPSA) is 94.1 Å². The molecule has 0 spiro atoms. The molecule has 1 fully saturated rings. The number of rotatable bonds is 1. The number of carbonyl (C=O) groups is 2. The number of phenols is 1. The van der Waals surface area contributed by atoms with Gasteiger partial charge in [-0.05, 0) is 39.8 Å². The zero-order valence-electron chi connectivity index (χ0n) is 15.9. The number of nitrogens with one attached hydrogen (secondary N) is 1. The molecule has 0 saturated carbocycles. The second-order valence-corrected chi connectivity index (χ2v) is 6.97. The fourth-order valence-corrected chi connectivity index (χ4v) is 2.02.